The van der Waals surface area contributed by atoms with E-state index in [0.29, 0.717) is 24.2 Å². The Hall–Kier alpha value is -4.18. The monoisotopic (exact) mass is 474 g/mol. The first-order chi connectivity index (χ1) is 17.7. The first-order valence-electron chi connectivity index (χ1n) is 12.4. The number of fused-ring (bicyclic) bond motifs is 3. The van der Waals surface area contributed by atoms with Crippen LogP contribution in [0, 0.1) is 11.7 Å². The standard InChI is InChI=1S/C32H27FN2O/c33-25-9-5-7-22(19-25)21-36-31-14-4-1-8-24(31)20-34-26-17-15-23(16-18-26)32-29-12-6-11-27(29)28-10-2-3-13-30(28)35-32/h1-11,13-20,27,29,32,35H,12,21H2/t27-,29+,32-/m0/s1. The summed E-state index contributed by atoms with van der Waals surface area (Å²) < 4.78 is 19.4. The Morgan fingerprint density at radius 1 is 0.917 bits per heavy atom. The summed E-state index contributed by atoms with van der Waals surface area (Å²) in [7, 11) is 0. The first-order valence-corrected chi connectivity index (χ1v) is 12.4. The number of anilines is 1. The van der Waals surface area contributed by atoms with Crippen LogP contribution in [0.2, 0.25) is 0 Å². The van der Waals surface area contributed by atoms with Gasteiger partial charge in [-0.2, -0.15) is 0 Å². The zero-order valence-corrected chi connectivity index (χ0v) is 19.8. The second kappa shape index (κ2) is 9.82. The van der Waals surface area contributed by atoms with Crippen LogP contribution in [-0.4, -0.2) is 6.21 Å². The van der Waals surface area contributed by atoms with Gasteiger partial charge in [-0.05, 0) is 71.5 Å². The largest absolute Gasteiger partial charge is 0.488 e. The second-order valence-electron chi connectivity index (χ2n) is 9.37. The Labute approximate surface area is 211 Å². The molecule has 0 fully saturated rings. The van der Waals surface area contributed by atoms with Gasteiger partial charge in [0.15, 0.2) is 0 Å². The fourth-order valence-corrected chi connectivity index (χ4v) is 5.29. The highest BCUT2D eigenvalue weighted by molar-refractivity contribution is 5.85. The molecule has 1 heterocycles. The SMILES string of the molecule is Fc1cccc(COc2ccccc2C=Nc2ccc([C@@H]3Nc4ccccc4[C@@H]4C=CC[C@H]43)cc2)c1. The average molecular weight is 475 g/mol. The van der Waals surface area contributed by atoms with Crippen LogP contribution in [0.25, 0.3) is 0 Å². The fourth-order valence-electron chi connectivity index (χ4n) is 5.29. The van der Waals surface area contributed by atoms with Crippen LogP contribution in [0.1, 0.15) is 40.6 Å². The van der Waals surface area contributed by atoms with Crippen LogP contribution in [0.5, 0.6) is 5.75 Å². The molecule has 36 heavy (non-hydrogen) atoms. The van der Waals surface area contributed by atoms with E-state index in [2.05, 4.69) is 66.0 Å². The van der Waals surface area contributed by atoms with Gasteiger partial charge in [0, 0.05) is 23.4 Å². The minimum atomic E-state index is -0.262. The number of nitrogens with zero attached hydrogens (tertiary/aromatic N) is 1. The minimum Gasteiger partial charge on any atom is -0.488 e. The highest BCUT2D eigenvalue weighted by Gasteiger charge is 2.37. The molecule has 0 unspecified atom stereocenters. The molecule has 0 spiro atoms. The van der Waals surface area contributed by atoms with E-state index < -0.39 is 0 Å². The average Bonchev–Trinajstić information content (AvgIpc) is 3.42. The third-order valence-electron chi connectivity index (χ3n) is 7.08. The van der Waals surface area contributed by atoms with Gasteiger partial charge in [0.2, 0.25) is 0 Å². The number of nitrogens with one attached hydrogen (secondary N) is 1. The van der Waals surface area contributed by atoms with E-state index in [1.165, 1.54) is 28.9 Å². The van der Waals surface area contributed by atoms with Gasteiger partial charge in [0.25, 0.3) is 0 Å². The van der Waals surface area contributed by atoms with Gasteiger partial charge in [-0.1, -0.05) is 66.7 Å². The highest BCUT2D eigenvalue weighted by Crippen LogP contribution is 2.49. The van der Waals surface area contributed by atoms with Crippen LogP contribution >= 0.6 is 0 Å². The molecule has 4 aromatic carbocycles. The summed E-state index contributed by atoms with van der Waals surface area (Å²) in [6.45, 7) is 0.297. The van der Waals surface area contributed by atoms with Crippen LogP contribution in [0.3, 0.4) is 0 Å². The van der Waals surface area contributed by atoms with E-state index >= 15 is 0 Å². The molecule has 6 rings (SSSR count). The van der Waals surface area contributed by atoms with E-state index in [4.69, 9.17) is 9.73 Å². The Balaban J connectivity index is 1.17. The maximum atomic E-state index is 13.5. The predicted molar refractivity (Wildman–Crippen MR) is 144 cm³/mol. The van der Waals surface area contributed by atoms with Gasteiger partial charge >= 0.3 is 0 Å². The highest BCUT2D eigenvalue weighted by atomic mass is 19.1. The van der Waals surface area contributed by atoms with Crippen LogP contribution in [0.4, 0.5) is 15.8 Å². The van der Waals surface area contributed by atoms with E-state index in [1.54, 1.807) is 6.07 Å². The smallest absolute Gasteiger partial charge is 0.128 e. The van der Waals surface area contributed by atoms with Crippen molar-refractivity contribution in [3.8, 4) is 5.75 Å². The van der Waals surface area contributed by atoms with Gasteiger partial charge in [0.1, 0.15) is 18.2 Å². The number of aliphatic imine (C=N–C) groups is 1. The lowest BCUT2D eigenvalue weighted by atomic mass is 9.77. The van der Waals surface area contributed by atoms with E-state index in [0.717, 1.165) is 23.2 Å². The fraction of sp³-hybridized carbons (Fsp3) is 0.156. The summed E-state index contributed by atoms with van der Waals surface area (Å²) in [5.74, 6) is 1.44. The summed E-state index contributed by atoms with van der Waals surface area (Å²) in [6, 6.07) is 31.6. The van der Waals surface area contributed by atoms with Gasteiger partial charge < -0.3 is 10.1 Å². The Morgan fingerprint density at radius 3 is 2.64 bits per heavy atom. The number of halogens is 1. The normalized spacial score (nSPS) is 20.1. The first kappa shape index (κ1) is 22.3. The van der Waals surface area contributed by atoms with E-state index in [9.17, 15) is 4.39 Å². The molecule has 1 aliphatic carbocycles. The molecule has 0 bridgehead atoms. The molecule has 1 aliphatic heterocycles. The van der Waals surface area contributed by atoms with Crippen molar-refractivity contribution in [1.29, 1.82) is 0 Å². The molecule has 3 nitrogen and oxygen atoms in total. The number of hydrogen-bond acceptors (Lipinski definition) is 3. The number of hydrogen-bond donors (Lipinski definition) is 1. The zero-order chi connectivity index (χ0) is 24.3. The molecule has 0 saturated heterocycles. The number of ether oxygens (including phenoxy) is 1. The summed E-state index contributed by atoms with van der Waals surface area (Å²) in [5.41, 5.74) is 6.45. The lowest BCUT2D eigenvalue weighted by Crippen LogP contribution is -2.28. The van der Waals surface area contributed by atoms with Gasteiger partial charge in [-0.25, -0.2) is 4.39 Å². The molecule has 4 aromatic rings. The van der Waals surface area contributed by atoms with Crippen molar-refractivity contribution in [2.45, 2.75) is 25.0 Å². The molecule has 4 heteroatoms. The third-order valence-corrected chi connectivity index (χ3v) is 7.08. The Bertz CT molecular complexity index is 1430. The van der Waals surface area contributed by atoms with Crippen LogP contribution in [-0.2, 0) is 6.61 Å². The quantitative estimate of drug-likeness (QED) is 0.227. The van der Waals surface area contributed by atoms with Crippen molar-refractivity contribution in [3.63, 3.8) is 0 Å². The molecular weight excluding hydrogens is 447 g/mol. The maximum absolute atomic E-state index is 13.5. The summed E-state index contributed by atoms with van der Waals surface area (Å²) in [5, 5.41) is 3.78. The molecule has 0 radical (unpaired) electrons. The van der Waals surface area contributed by atoms with Crippen molar-refractivity contribution in [1.82, 2.24) is 0 Å². The number of benzene rings is 4. The number of allylic oxidation sites excluding steroid dienone is 2. The summed E-state index contributed by atoms with van der Waals surface area (Å²) >= 11 is 0. The minimum absolute atomic E-state index is 0.262. The van der Waals surface area contributed by atoms with E-state index in [-0.39, 0.29) is 11.9 Å². The third kappa shape index (κ3) is 4.55. The van der Waals surface area contributed by atoms with Crippen molar-refractivity contribution < 1.29 is 9.13 Å². The molecule has 0 saturated carbocycles. The van der Waals surface area contributed by atoms with Crippen molar-refractivity contribution in [2.75, 3.05) is 5.32 Å². The van der Waals surface area contributed by atoms with Crippen molar-refractivity contribution in [2.24, 2.45) is 10.9 Å². The Morgan fingerprint density at radius 2 is 1.75 bits per heavy atom. The van der Waals surface area contributed by atoms with Crippen molar-refractivity contribution >= 4 is 17.6 Å². The molecule has 2 aliphatic rings. The Kier molecular flexibility index (Phi) is 6.08. The van der Waals surface area contributed by atoms with Crippen LogP contribution < -0.4 is 10.1 Å². The number of para-hydroxylation sites is 2. The molecule has 0 amide bonds. The molecule has 3 atom stereocenters. The molecule has 0 aromatic heterocycles. The molecule has 1 N–H and O–H groups in total. The summed E-state index contributed by atoms with van der Waals surface area (Å²) in [6.07, 6.45) is 7.59. The molecule has 178 valence electrons. The van der Waals surface area contributed by atoms with Crippen LogP contribution in [0.15, 0.2) is 114 Å². The second-order valence-corrected chi connectivity index (χ2v) is 9.37. The van der Waals surface area contributed by atoms with Gasteiger partial charge in [-0.15, -0.1) is 0 Å². The molecular formula is C32H27FN2O. The van der Waals surface area contributed by atoms with Gasteiger partial charge in [-0.3, -0.25) is 4.99 Å². The zero-order valence-electron chi connectivity index (χ0n) is 19.8. The maximum Gasteiger partial charge on any atom is 0.128 e. The van der Waals surface area contributed by atoms with E-state index in [1.807, 2.05) is 36.5 Å². The summed E-state index contributed by atoms with van der Waals surface area (Å²) in [4.78, 5) is 4.70. The topological polar surface area (TPSA) is 33.6 Å². The van der Waals surface area contributed by atoms with Crippen molar-refractivity contribution in [3.05, 3.63) is 137 Å². The number of rotatable bonds is 6. The van der Waals surface area contributed by atoms with Gasteiger partial charge in [0.05, 0.1) is 11.7 Å². The lowest BCUT2D eigenvalue weighted by Gasteiger charge is -2.37. The lowest BCUT2D eigenvalue weighted by molar-refractivity contribution is 0.305. The predicted octanol–water partition coefficient (Wildman–Crippen LogP) is 7.98.